The number of nitrogens with zero attached hydrogens (tertiary/aromatic N) is 3. The van der Waals surface area contributed by atoms with Gasteiger partial charge in [0.2, 0.25) is 0 Å². The Morgan fingerprint density at radius 2 is 2.14 bits per heavy atom. The molecule has 2 aromatic rings. The molecule has 0 radical (unpaired) electrons. The molecule has 4 N–H and O–H groups in total. The molecule has 0 saturated carbocycles. The van der Waals surface area contributed by atoms with Crippen LogP contribution in [-0.4, -0.2) is 49.4 Å². The van der Waals surface area contributed by atoms with Crippen molar-refractivity contribution < 1.29 is 8.42 Å². The van der Waals surface area contributed by atoms with Crippen molar-refractivity contribution in [1.82, 2.24) is 19.0 Å². The van der Waals surface area contributed by atoms with Gasteiger partial charge in [-0.1, -0.05) is 6.07 Å². The molecular weight excluding hydrogens is 292 g/mol. The fraction of sp³-hybridized carbons (Fsp3) is 0.417. The van der Waals surface area contributed by atoms with E-state index in [4.69, 9.17) is 5.84 Å². The van der Waals surface area contributed by atoms with Gasteiger partial charge in [-0.15, -0.1) is 0 Å². The van der Waals surface area contributed by atoms with Crippen LogP contribution in [0.1, 0.15) is 6.92 Å². The van der Waals surface area contributed by atoms with Crippen molar-refractivity contribution in [3.8, 4) is 0 Å². The number of rotatable bonds is 6. The number of aromatic nitrogens is 2. The number of likely N-dealkylation sites (N-methyl/N-ethyl adjacent to an activating group) is 1. The van der Waals surface area contributed by atoms with Crippen LogP contribution in [0.5, 0.6) is 0 Å². The van der Waals surface area contributed by atoms with E-state index in [1.807, 2.05) is 25.9 Å². The van der Waals surface area contributed by atoms with E-state index in [0.717, 1.165) is 0 Å². The Kier molecular flexibility index (Phi) is 4.47. The lowest BCUT2D eigenvalue weighted by molar-refractivity contribution is 0.314. The average Bonchev–Trinajstić information content (AvgIpc) is 2.83. The largest absolute Gasteiger partial charge is 0.306 e. The van der Waals surface area contributed by atoms with Gasteiger partial charge < -0.3 is 10.3 Å². The van der Waals surface area contributed by atoms with Crippen LogP contribution in [0.15, 0.2) is 29.4 Å². The summed E-state index contributed by atoms with van der Waals surface area (Å²) in [4.78, 5) is 6.09. The number of fused-ring (bicyclic) bond motifs is 1. The Bertz CT molecular complexity index is 724. The molecule has 1 atom stereocenters. The normalized spacial score (nSPS) is 13.8. The van der Waals surface area contributed by atoms with E-state index in [9.17, 15) is 8.42 Å². The summed E-state index contributed by atoms with van der Waals surface area (Å²) in [6.45, 7) is 2.22. The fourth-order valence-electron chi connectivity index (χ4n) is 1.81. The predicted octanol–water partition coefficient (Wildman–Crippen LogP) is -0.152. The van der Waals surface area contributed by atoms with Crippen LogP contribution in [0.3, 0.4) is 0 Å². The van der Waals surface area contributed by atoms with Crippen molar-refractivity contribution in [3.63, 3.8) is 0 Å². The highest BCUT2D eigenvalue weighted by Gasteiger charge is 2.25. The zero-order valence-electron chi connectivity index (χ0n) is 12.2. The van der Waals surface area contributed by atoms with E-state index in [0.29, 0.717) is 12.2 Å². The third-order valence-electron chi connectivity index (χ3n) is 3.33. The Morgan fingerprint density at radius 3 is 2.76 bits per heavy atom. The van der Waals surface area contributed by atoms with Crippen molar-refractivity contribution in [3.05, 3.63) is 24.4 Å². The highest BCUT2D eigenvalue weighted by molar-refractivity contribution is 7.89. The van der Waals surface area contributed by atoms with E-state index in [1.54, 1.807) is 24.4 Å². The number of nitrogens with one attached hydrogen (secondary N) is 2. The lowest BCUT2D eigenvalue weighted by Gasteiger charge is -2.20. The van der Waals surface area contributed by atoms with Gasteiger partial charge in [-0.05, 0) is 33.2 Å². The van der Waals surface area contributed by atoms with Gasteiger partial charge in [0, 0.05) is 18.8 Å². The smallest absolute Gasteiger partial charge is 0.260 e. The standard InChI is InChI=1S/C12H20N6O2S/c1-9(17(2)3)8-14-21(19,20)12-11(16-13)15-10-6-4-5-7-18(10)12/h4-7,9,14,16H,8,13H2,1-3H3. The minimum Gasteiger partial charge on any atom is -0.306 e. The number of nitrogen functional groups attached to an aromatic ring is 1. The molecular formula is C12H20N6O2S. The van der Waals surface area contributed by atoms with E-state index in [1.165, 1.54) is 4.40 Å². The van der Waals surface area contributed by atoms with Crippen LogP contribution >= 0.6 is 0 Å². The van der Waals surface area contributed by atoms with Gasteiger partial charge in [0.25, 0.3) is 10.0 Å². The zero-order chi connectivity index (χ0) is 15.6. The summed E-state index contributed by atoms with van der Waals surface area (Å²) < 4.78 is 29.1. The Morgan fingerprint density at radius 1 is 1.43 bits per heavy atom. The van der Waals surface area contributed by atoms with Crippen LogP contribution in [0.25, 0.3) is 5.65 Å². The summed E-state index contributed by atoms with van der Waals surface area (Å²) in [6, 6.07) is 5.28. The molecule has 1 unspecified atom stereocenters. The predicted molar refractivity (Wildman–Crippen MR) is 81.3 cm³/mol. The molecule has 0 amide bonds. The van der Waals surface area contributed by atoms with E-state index < -0.39 is 10.0 Å². The highest BCUT2D eigenvalue weighted by Crippen LogP contribution is 2.21. The summed E-state index contributed by atoms with van der Waals surface area (Å²) in [7, 11) is 0.0443. The van der Waals surface area contributed by atoms with Crippen molar-refractivity contribution in [2.45, 2.75) is 18.0 Å². The zero-order valence-corrected chi connectivity index (χ0v) is 13.1. The van der Waals surface area contributed by atoms with Gasteiger partial charge in [0.1, 0.15) is 5.65 Å². The summed E-state index contributed by atoms with van der Waals surface area (Å²) >= 11 is 0. The molecule has 21 heavy (non-hydrogen) atoms. The van der Waals surface area contributed by atoms with Gasteiger partial charge in [-0.3, -0.25) is 4.40 Å². The van der Waals surface area contributed by atoms with Crippen LogP contribution in [0.4, 0.5) is 5.82 Å². The Hall–Kier alpha value is -1.68. The molecule has 0 bridgehead atoms. The number of hydrogen-bond acceptors (Lipinski definition) is 6. The maximum atomic E-state index is 12.5. The maximum absolute atomic E-state index is 12.5. The SMILES string of the molecule is CC(CNS(=O)(=O)c1c(NN)nc2ccccn12)N(C)C. The topological polar surface area (TPSA) is 105 Å². The second-order valence-corrected chi connectivity index (χ2v) is 6.69. The van der Waals surface area contributed by atoms with Gasteiger partial charge in [0.05, 0.1) is 0 Å². The molecule has 2 rings (SSSR count). The molecule has 8 nitrogen and oxygen atoms in total. The molecule has 116 valence electrons. The van der Waals surface area contributed by atoms with Crippen LogP contribution in [0.2, 0.25) is 0 Å². The van der Waals surface area contributed by atoms with E-state index >= 15 is 0 Å². The molecule has 0 aliphatic rings. The van der Waals surface area contributed by atoms with E-state index in [-0.39, 0.29) is 16.9 Å². The van der Waals surface area contributed by atoms with Crippen molar-refractivity contribution in [2.75, 3.05) is 26.1 Å². The van der Waals surface area contributed by atoms with Crippen LogP contribution in [-0.2, 0) is 10.0 Å². The molecule has 0 saturated heterocycles. The number of anilines is 1. The molecule has 0 aromatic carbocycles. The van der Waals surface area contributed by atoms with Crippen molar-refractivity contribution >= 4 is 21.5 Å². The minimum atomic E-state index is -3.73. The Balaban J connectivity index is 2.40. The average molecular weight is 312 g/mol. The molecule has 0 aliphatic carbocycles. The first-order valence-electron chi connectivity index (χ1n) is 6.46. The van der Waals surface area contributed by atoms with Crippen molar-refractivity contribution in [1.29, 1.82) is 0 Å². The molecule has 2 aromatic heterocycles. The molecule has 0 spiro atoms. The summed E-state index contributed by atoms with van der Waals surface area (Å²) in [5.41, 5.74) is 2.85. The number of hydrazine groups is 1. The second-order valence-electron chi connectivity index (χ2n) is 5.00. The monoisotopic (exact) mass is 312 g/mol. The van der Waals surface area contributed by atoms with Gasteiger partial charge in [-0.2, -0.15) is 0 Å². The van der Waals surface area contributed by atoms with Gasteiger partial charge >= 0.3 is 0 Å². The third kappa shape index (κ3) is 3.16. The number of pyridine rings is 1. The maximum Gasteiger partial charge on any atom is 0.260 e. The second kappa shape index (κ2) is 5.98. The lowest BCUT2D eigenvalue weighted by atomic mass is 10.3. The summed E-state index contributed by atoms with van der Waals surface area (Å²) in [5.74, 6) is 5.51. The molecule has 2 heterocycles. The first kappa shape index (κ1) is 15.7. The number of nitrogens with two attached hydrogens (primary N) is 1. The lowest BCUT2D eigenvalue weighted by Crippen LogP contribution is -2.38. The first-order valence-corrected chi connectivity index (χ1v) is 7.95. The first-order chi connectivity index (χ1) is 9.86. The van der Waals surface area contributed by atoms with E-state index in [2.05, 4.69) is 15.1 Å². The molecule has 0 aliphatic heterocycles. The fourth-order valence-corrected chi connectivity index (χ4v) is 3.18. The third-order valence-corrected chi connectivity index (χ3v) is 4.77. The van der Waals surface area contributed by atoms with Crippen molar-refractivity contribution in [2.24, 2.45) is 5.84 Å². The quantitative estimate of drug-likeness (QED) is 0.506. The van der Waals surface area contributed by atoms with Gasteiger partial charge in [-0.25, -0.2) is 24.0 Å². The van der Waals surface area contributed by atoms with Crippen LogP contribution in [0, 0.1) is 0 Å². The molecule has 0 fully saturated rings. The summed E-state index contributed by atoms with van der Waals surface area (Å²) in [6.07, 6.45) is 1.63. The number of imidazole rings is 1. The summed E-state index contributed by atoms with van der Waals surface area (Å²) in [5, 5.41) is 0.00607. The highest BCUT2D eigenvalue weighted by atomic mass is 32.2. The number of hydrogen-bond donors (Lipinski definition) is 3. The number of sulfonamides is 1. The van der Waals surface area contributed by atoms with Crippen LogP contribution < -0.4 is 16.0 Å². The Labute approximate surface area is 124 Å². The van der Waals surface area contributed by atoms with Gasteiger partial charge in [0.15, 0.2) is 10.8 Å². The minimum absolute atomic E-state index is 0.00607. The molecule has 9 heteroatoms.